The molecule has 2 aromatic carbocycles. The maximum atomic E-state index is 13.2. The van der Waals surface area contributed by atoms with Crippen molar-refractivity contribution in [1.29, 1.82) is 0 Å². The maximum absolute atomic E-state index is 13.2. The first-order valence-corrected chi connectivity index (χ1v) is 10.5. The molecule has 0 aliphatic heterocycles. The van der Waals surface area contributed by atoms with Crippen LogP contribution in [0.2, 0.25) is 10.0 Å². The number of rotatable bonds is 4. The van der Waals surface area contributed by atoms with Gasteiger partial charge in [0.15, 0.2) is 0 Å². The number of carbonyl (C=O) groups excluding carboxylic acids is 1. The largest absolute Gasteiger partial charge is 0.336 e. The summed E-state index contributed by atoms with van der Waals surface area (Å²) in [6.45, 7) is 1.62. The van der Waals surface area contributed by atoms with Crippen molar-refractivity contribution >= 4 is 56.3 Å². The van der Waals surface area contributed by atoms with E-state index < -0.39 is 17.2 Å². The number of nitrogens with one attached hydrogen (secondary N) is 1. The maximum Gasteiger partial charge on any atom is 0.336 e. The van der Waals surface area contributed by atoms with Gasteiger partial charge >= 0.3 is 5.69 Å². The van der Waals surface area contributed by atoms with Crippen molar-refractivity contribution in [3.63, 3.8) is 0 Å². The lowest BCUT2D eigenvalue weighted by Crippen LogP contribution is -2.40. The van der Waals surface area contributed by atoms with Gasteiger partial charge in [-0.25, -0.2) is 9.36 Å². The number of aromatic nitrogens is 2. The van der Waals surface area contributed by atoms with E-state index in [0.29, 0.717) is 31.6 Å². The number of aryl methyl sites for hydroxylation is 1. The Kier molecular flexibility index (Phi) is 5.51. The first kappa shape index (κ1) is 20.4. The average Bonchev–Trinajstić information content (AvgIpc) is 3.19. The van der Waals surface area contributed by atoms with Crippen LogP contribution < -0.4 is 16.6 Å². The van der Waals surface area contributed by atoms with Crippen LogP contribution in [0.4, 0.5) is 5.69 Å². The van der Waals surface area contributed by atoms with E-state index >= 15 is 0 Å². The monoisotopic (exact) mass is 459 g/mol. The van der Waals surface area contributed by atoms with Gasteiger partial charge in [0.2, 0.25) is 5.91 Å². The minimum Gasteiger partial charge on any atom is -0.323 e. The first-order valence-electron chi connectivity index (χ1n) is 8.90. The van der Waals surface area contributed by atoms with E-state index in [1.165, 1.54) is 15.9 Å². The van der Waals surface area contributed by atoms with Crippen LogP contribution in [0.5, 0.6) is 0 Å². The van der Waals surface area contributed by atoms with Gasteiger partial charge in [-0.3, -0.25) is 14.2 Å². The Hall–Kier alpha value is -2.87. The summed E-state index contributed by atoms with van der Waals surface area (Å²) in [5.41, 5.74) is 1.15. The van der Waals surface area contributed by atoms with Gasteiger partial charge in [-0.15, -0.1) is 11.3 Å². The molecule has 0 radical (unpaired) electrons. The highest BCUT2D eigenvalue weighted by atomic mass is 35.5. The zero-order valence-electron chi connectivity index (χ0n) is 15.7. The van der Waals surface area contributed by atoms with Gasteiger partial charge in [-0.2, -0.15) is 0 Å². The highest BCUT2D eigenvalue weighted by Crippen LogP contribution is 2.23. The Bertz CT molecular complexity index is 1390. The lowest BCUT2D eigenvalue weighted by Gasteiger charge is -2.13. The highest BCUT2D eigenvalue weighted by Gasteiger charge is 2.18. The van der Waals surface area contributed by atoms with E-state index in [-0.39, 0.29) is 6.54 Å². The summed E-state index contributed by atoms with van der Waals surface area (Å²) < 4.78 is 2.70. The second kappa shape index (κ2) is 8.10. The van der Waals surface area contributed by atoms with Gasteiger partial charge in [0.25, 0.3) is 5.56 Å². The Labute approximate surface area is 184 Å². The highest BCUT2D eigenvalue weighted by molar-refractivity contribution is 7.17. The van der Waals surface area contributed by atoms with Crippen LogP contribution >= 0.6 is 34.5 Å². The molecule has 2 heterocycles. The van der Waals surface area contributed by atoms with Crippen molar-refractivity contribution in [2.75, 3.05) is 5.32 Å². The smallest absolute Gasteiger partial charge is 0.323 e. The van der Waals surface area contributed by atoms with Gasteiger partial charge in [0, 0.05) is 5.02 Å². The Morgan fingerprint density at radius 2 is 1.80 bits per heavy atom. The Balaban J connectivity index is 1.78. The van der Waals surface area contributed by atoms with Gasteiger partial charge in [-0.05, 0) is 60.3 Å². The number of anilines is 1. The van der Waals surface area contributed by atoms with Crippen LogP contribution in [0.25, 0.3) is 15.9 Å². The summed E-state index contributed by atoms with van der Waals surface area (Å²) in [5, 5.41) is 5.32. The number of amides is 1. The van der Waals surface area contributed by atoms with E-state index in [9.17, 15) is 14.4 Å². The molecule has 0 saturated heterocycles. The van der Waals surface area contributed by atoms with Gasteiger partial charge in [-0.1, -0.05) is 29.3 Å². The fourth-order valence-electron chi connectivity index (χ4n) is 3.11. The zero-order valence-corrected chi connectivity index (χ0v) is 18.0. The number of halogens is 2. The minimum absolute atomic E-state index is 0.274. The quantitative estimate of drug-likeness (QED) is 0.489. The predicted octanol–water partition coefficient (Wildman–Crippen LogP) is 4.47. The molecule has 0 aliphatic carbocycles. The van der Waals surface area contributed by atoms with E-state index in [4.69, 9.17) is 23.2 Å². The molecule has 4 rings (SSSR count). The summed E-state index contributed by atoms with van der Waals surface area (Å²) in [6, 6.07) is 13.3. The van der Waals surface area contributed by atoms with Crippen LogP contribution in [-0.2, 0) is 11.3 Å². The number of fused-ring (bicyclic) bond motifs is 1. The second-order valence-electron chi connectivity index (χ2n) is 6.65. The second-order valence-corrected chi connectivity index (χ2v) is 8.41. The van der Waals surface area contributed by atoms with Crippen LogP contribution in [0.3, 0.4) is 0 Å². The predicted molar refractivity (Wildman–Crippen MR) is 122 cm³/mol. The molecule has 1 amide bonds. The summed E-state index contributed by atoms with van der Waals surface area (Å²) in [4.78, 5) is 38.8. The standard InChI is InChI=1S/C21H15Cl2N3O3S/c1-12-2-7-16(15(23)10-12)24-18(27)11-25-17-8-9-30-19(17)20(28)26(21(25)29)14-5-3-13(22)4-6-14/h2-10H,11H2,1H3,(H,24,27). The fourth-order valence-corrected chi connectivity index (χ4v) is 4.35. The molecular formula is C21H15Cl2N3O3S. The number of thiophene rings is 1. The first-order chi connectivity index (χ1) is 14.3. The van der Waals surface area contributed by atoms with Crippen molar-refractivity contribution in [1.82, 2.24) is 9.13 Å². The van der Waals surface area contributed by atoms with E-state index in [2.05, 4.69) is 5.32 Å². The minimum atomic E-state index is -0.613. The number of hydrogen-bond acceptors (Lipinski definition) is 4. The molecule has 6 nitrogen and oxygen atoms in total. The molecule has 0 unspecified atom stereocenters. The molecule has 1 N–H and O–H groups in total. The van der Waals surface area contributed by atoms with Crippen molar-refractivity contribution < 1.29 is 4.79 Å². The number of benzene rings is 2. The Morgan fingerprint density at radius 1 is 1.07 bits per heavy atom. The average molecular weight is 460 g/mol. The van der Waals surface area contributed by atoms with Gasteiger partial charge < -0.3 is 5.32 Å². The van der Waals surface area contributed by atoms with Crippen LogP contribution in [0.15, 0.2) is 63.5 Å². The van der Waals surface area contributed by atoms with Crippen molar-refractivity contribution in [2.24, 2.45) is 0 Å². The third-order valence-corrected chi connectivity index (χ3v) is 6.00. The molecule has 2 aromatic heterocycles. The molecule has 4 aromatic rings. The normalized spacial score (nSPS) is 11.0. The van der Waals surface area contributed by atoms with Crippen molar-refractivity contribution in [3.8, 4) is 5.69 Å². The molecule has 9 heteroatoms. The number of hydrogen-bond donors (Lipinski definition) is 1. The topological polar surface area (TPSA) is 73.1 Å². The summed E-state index contributed by atoms with van der Waals surface area (Å²) in [6.07, 6.45) is 0. The van der Waals surface area contributed by atoms with Crippen LogP contribution in [0, 0.1) is 6.92 Å². The molecule has 0 aliphatic rings. The molecule has 0 bridgehead atoms. The third kappa shape index (κ3) is 3.79. The van der Waals surface area contributed by atoms with Gasteiger partial charge in [0.05, 0.1) is 21.9 Å². The number of nitrogens with zero attached hydrogens (tertiary/aromatic N) is 2. The number of carbonyl (C=O) groups is 1. The molecule has 30 heavy (non-hydrogen) atoms. The van der Waals surface area contributed by atoms with E-state index in [1.807, 2.05) is 13.0 Å². The SMILES string of the molecule is Cc1ccc(NC(=O)Cn2c(=O)n(-c3ccc(Cl)cc3)c(=O)c3sccc32)c(Cl)c1. The van der Waals surface area contributed by atoms with Crippen molar-refractivity contribution in [3.05, 3.63) is 90.4 Å². The van der Waals surface area contributed by atoms with Gasteiger partial charge in [0.1, 0.15) is 11.2 Å². The van der Waals surface area contributed by atoms with E-state index in [1.54, 1.807) is 47.8 Å². The molecule has 0 fully saturated rings. The summed E-state index contributed by atoms with van der Waals surface area (Å²) >= 11 is 13.3. The summed E-state index contributed by atoms with van der Waals surface area (Å²) in [7, 11) is 0. The van der Waals surface area contributed by atoms with Crippen molar-refractivity contribution in [2.45, 2.75) is 13.5 Å². The van der Waals surface area contributed by atoms with E-state index in [0.717, 1.165) is 10.1 Å². The zero-order chi connectivity index (χ0) is 21.4. The molecule has 0 atom stereocenters. The lowest BCUT2D eigenvalue weighted by molar-refractivity contribution is -0.116. The molecule has 0 spiro atoms. The molecular weight excluding hydrogens is 445 g/mol. The Morgan fingerprint density at radius 3 is 2.50 bits per heavy atom. The molecule has 152 valence electrons. The van der Waals surface area contributed by atoms with Crippen LogP contribution in [-0.4, -0.2) is 15.0 Å². The van der Waals surface area contributed by atoms with Crippen LogP contribution in [0.1, 0.15) is 5.56 Å². The third-order valence-electron chi connectivity index (χ3n) is 4.54. The molecule has 0 saturated carbocycles. The summed E-state index contributed by atoms with van der Waals surface area (Å²) in [5.74, 6) is -0.434. The lowest BCUT2D eigenvalue weighted by atomic mass is 10.2. The fraction of sp³-hybridized carbons (Fsp3) is 0.0952.